The van der Waals surface area contributed by atoms with E-state index in [0.29, 0.717) is 41.1 Å². The van der Waals surface area contributed by atoms with Crippen molar-refractivity contribution in [2.45, 2.75) is 39.7 Å². The molecule has 4 aromatic rings. The van der Waals surface area contributed by atoms with Crippen LogP contribution >= 0.6 is 0 Å². The van der Waals surface area contributed by atoms with Gasteiger partial charge in [-0.15, -0.1) is 0 Å². The van der Waals surface area contributed by atoms with Crippen molar-refractivity contribution in [1.29, 1.82) is 0 Å². The van der Waals surface area contributed by atoms with Crippen molar-refractivity contribution in [3.8, 4) is 11.4 Å². The van der Waals surface area contributed by atoms with E-state index in [1.54, 1.807) is 17.7 Å². The summed E-state index contributed by atoms with van der Waals surface area (Å²) in [7, 11) is 1.61. The number of methoxy groups -OCH3 is 1. The van der Waals surface area contributed by atoms with Crippen LogP contribution in [0.1, 0.15) is 44.6 Å². The number of nitrogens with zero attached hydrogens (tertiary/aromatic N) is 3. The molecule has 0 radical (unpaired) electrons. The number of amides is 1. The third kappa shape index (κ3) is 5.18. The first-order chi connectivity index (χ1) is 17.4. The molecule has 186 valence electrons. The zero-order valence-corrected chi connectivity index (χ0v) is 21.3. The van der Waals surface area contributed by atoms with E-state index in [4.69, 9.17) is 9.72 Å². The summed E-state index contributed by atoms with van der Waals surface area (Å²) in [5, 5.41) is 0.540. The standard InChI is InChI=1S/C30H33N3O3/c1-5-27(32(29(34)21(2)3)20-19-22-11-7-6-8-12-22)28-31-26-14-10-9-13-25(26)30(35)33(28)23-15-17-24(36-4)18-16-23/h6-18,21,27H,5,19-20H2,1-4H3. The molecule has 0 aliphatic rings. The molecule has 0 N–H and O–H groups in total. The molecule has 4 rings (SSSR count). The summed E-state index contributed by atoms with van der Waals surface area (Å²) < 4.78 is 6.97. The Hall–Kier alpha value is -3.93. The minimum Gasteiger partial charge on any atom is -0.497 e. The van der Waals surface area contributed by atoms with Crippen LogP contribution in [0, 0.1) is 5.92 Å². The fraction of sp³-hybridized carbons (Fsp3) is 0.300. The van der Waals surface area contributed by atoms with Crippen LogP contribution in [0.4, 0.5) is 0 Å². The highest BCUT2D eigenvalue weighted by Gasteiger charge is 2.30. The van der Waals surface area contributed by atoms with Gasteiger partial charge in [0.15, 0.2) is 0 Å². The van der Waals surface area contributed by atoms with Crippen LogP contribution in [0.15, 0.2) is 83.7 Å². The molecule has 6 nitrogen and oxygen atoms in total. The van der Waals surface area contributed by atoms with Crippen LogP contribution in [-0.2, 0) is 11.2 Å². The van der Waals surface area contributed by atoms with Crippen molar-refractivity contribution in [2.75, 3.05) is 13.7 Å². The monoisotopic (exact) mass is 483 g/mol. The lowest BCUT2D eigenvalue weighted by Gasteiger charge is -2.33. The van der Waals surface area contributed by atoms with Gasteiger partial charge in [0, 0.05) is 12.5 Å². The molecule has 0 bridgehead atoms. The molecule has 6 heteroatoms. The van der Waals surface area contributed by atoms with Crippen LogP contribution < -0.4 is 10.3 Å². The fourth-order valence-corrected chi connectivity index (χ4v) is 4.54. The molecule has 0 spiro atoms. The Kier molecular flexibility index (Phi) is 7.84. The summed E-state index contributed by atoms with van der Waals surface area (Å²) in [4.78, 5) is 34.2. The number of ether oxygens (including phenoxy) is 1. The lowest BCUT2D eigenvalue weighted by molar-refractivity contribution is -0.137. The first-order valence-electron chi connectivity index (χ1n) is 12.4. The highest BCUT2D eigenvalue weighted by Crippen LogP contribution is 2.28. The fourth-order valence-electron chi connectivity index (χ4n) is 4.54. The summed E-state index contributed by atoms with van der Waals surface area (Å²) in [6.07, 6.45) is 1.34. The van der Waals surface area contributed by atoms with Crippen molar-refractivity contribution >= 4 is 16.8 Å². The van der Waals surface area contributed by atoms with E-state index in [2.05, 4.69) is 12.1 Å². The number of rotatable bonds is 9. The second-order valence-electron chi connectivity index (χ2n) is 9.17. The molecule has 1 unspecified atom stereocenters. The predicted molar refractivity (Wildman–Crippen MR) is 144 cm³/mol. The maximum atomic E-state index is 13.8. The molecular weight excluding hydrogens is 450 g/mol. The maximum absolute atomic E-state index is 13.8. The average Bonchev–Trinajstić information content (AvgIpc) is 2.91. The average molecular weight is 484 g/mol. The Labute approximate surface area is 212 Å². The smallest absolute Gasteiger partial charge is 0.266 e. The molecule has 0 aliphatic heterocycles. The zero-order valence-electron chi connectivity index (χ0n) is 21.3. The van der Waals surface area contributed by atoms with E-state index < -0.39 is 0 Å². The molecule has 1 atom stereocenters. The normalized spacial score (nSPS) is 12.0. The Balaban J connectivity index is 1.88. The molecule has 1 heterocycles. The molecule has 36 heavy (non-hydrogen) atoms. The summed E-state index contributed by atoms with van der Waals surface area (Å²) >= 11 is 0. The van der Waals surface area contributed by atoms with Gasteiger partial charge in [0.05, 0.1) is 29.7 Å². The third-order valence-corrected chi connectivity index (χ3v) is 6.45. The van der Waals surface area contributed by atoms with Gasteiger partial charge in [0.1, 0.15) is 11.6 Å². The Morgan fingerprint density at radius 3 is 2.28 bits per heavy atom. The molecule has 0 saturated heterocycles. The zero-order chi connectivity index (χ0) is 25.7. The molecule has 0 saturated carbocycles. The van der Waals surface area contributed by atoms with Gasteiger partial charge in [0.25, 0.3) is 5.56 Å². The van der Waals surface area contributed by atoms with Crippen molar-refractivity contribution in [3.05, 3.63) is 101 Å². The number of hydrogen-bond acceptors (Lipinski definition) is 4. The van der Waals surface area contributed by atoms with Crippen LogP contribution in [0.3, 0.4) is 0 Å². The molecule has 0 aliphatic carbocycles. The second-order valence-corrected chi connectivity index (χ2v) is 9.17. The van der Waals surface area contributed by atoms with Gasteiger partial charge in [0.2, 0.25) is 5.91 Å². The Morgan fingerprint density at radius 1 is 0.972 bits per heavy atom. The van der Waals surface area contributed by atoms with Crippen LogP contribution in [0.5, 0.6) is 5.75 Å². The maximum Gasteiger partial charge on any atom is 0.266 e. The lowest BCUT2D eigenvalue weighted by atomic mass is 10.0. The number of hydrogen-bond donors (Lipinski definition) is 0. The number of benzene rings is 3. The van der Waals surface area contributed by atoms with Gasteiger partial charge >= 0.3 is 0 Å². The van der Waals surface area contributed by atoms with E-state index in [1.165, 1.54) is 0 Å². The van der Waals surface area contributed by atoms with Gasteiger partial charge in [-0.25, -0.2) is 4.98 Å². The van der Waals surface area contributed by atoms with Crippen LogP contribution in [0.25, 0.3) is 16.6 Å². The van der Waals surface area contributed by atoms with Gasteiger partial charge in [-0.05, 0) is 54.8 Å². The van der Waals surface area contributed by atoms with Crippen molar-refractivity contribution in [3.63, 3.8) is 0 Å². The highest BCUT2D eigenvalue weighted by atomic mass is 16.5. The second kappa shape index (κ2) is 11.2. The topological polar surface area (TPSA) is 64.4 Å². The molecule has 3 aromatic carbocycles. The molecule has 1 aromatic heterocycles. The van der Waals surface area contributed by atoms with Gasteiger partial charge in [-0.3, -0.25) is 14.2 Å². The summed E-state index contributed by atoms with van der Waals surface area (Å²) in [5.41, 5.74) is 2.32. The van der Waals surface area contributed by atoms with Gasteiger partial charge in [-0.2, -0.15) is 0 Å². The first-order valence-corrected chi connectivity index (χ1v) is 12.4. The minimum atomic E-state index is -0.372. The number of aromatic nitrogens is 2. The SMILES string of the molecule is CCC(c1nc2ccccc2c(=O)n1-c1ccc(OC)cc1)N(CCc1ccccc1)C(=O)C(C)C. The van der Waals surface area contributed by atoms with E-state index in [1.807, 2.05) is 86.3 Å². The van der Waals surface area contributed by atoms with Crippen molar-refractivity contribution in [1.82, 2.24) is 14.5 Å². The summed E-state index contributed by atoms with van der Waals surface area (Å²) in [5.74, 6) is 1.12. The third-order valence-electron chi connectivity index (χ3n) is 6.45. The van der Waals surface area contributed by atoms with E-state index >= 15 is 0 Å². The lowest BCUT2D eigenvalue weighted by Crippen LogP contribution is -2.41. The predicted octanol–water partition coefficient (Wildman–Crippen LogP) is 5.57. The summed E-state index contributed by atoms with van der Waals surface area (Å²) in [6.45, 7) is 6.39. The van der Waals surface area contributed by atoms with Crippen molar-refractivity contribution in [2.24, 2.45) is 5.92 Å². The summed E-state index contributed by atoms with van der Waals surface area (Å²) in [6, 6.07) is 24.5. The van der Waals surface area contributed by atoms with Crippen LogP contribution in [-0.4, -0.2) is 34.0 Å². The van der Waals surface area contributed by atoms with E-state index in [0.717, 1.165) is 12.0 Å². The Morgan fingerprint density at radius 2 is 1.64 bits per heavy atom. The number of carbonyl (C=O) groups is 1. The highest BCUT2D eigenvalue weighted by molar-refractivity contribution is 5.80. The van der Waals surface area contributed by atoms with E-state index in [9.17, 15) is 9.59 Å². The largest absolute Gasteiger partial charge is 0.497 e. The molecule has 1 amide bonds. The number of carbonyl (C=O) groups excluding carboxylic acids is 1. The number of para-hydroxylation sites is 1. The van der Waals surface area contributed by atoms with Gasteiger partial charge in [-0.1, -0.05) is 63.2 Å². The quantitative estimate of drug-likeness (QED) is 0.312. The van der Waals surface area contributed by atoms with Crippen LogP contribution in [0.2, 0.25) is 0 Å². The number of fused-ring (bicyclic) bond motifs is 1. The van der Waals surface area contributed by atoms with Gasteiger partial charge < -0.3 is 9.64 Å². The van der Waals surface area contributed by atoms with E-state index in [-0.39, 0.29) is 23.4 Å². The Bertz CT molecular complexity index is 1380. The minimum absolute atomic E-state index is 0.0430. The van der Waals surface area contributed by atoms with Crippen molar-refractivity contribution < 1.29 is 9.53 Å². The molecule has 0 fully saturated rings. The first kappa shape index (κ1) is 25.2. The molecular formula is C30H33N3O3.